The van der Waals surface area contributed by atoms with Gasteiger partial charge in [-0.05, 0) is 19.8 Å². The van der Waals surface area contributed by atoms with E-state index in [2.05, 4.69) is 6.58 Å². The van der Waals surface area contributed by atoms with E-state index in [9.17, 15) is 4.79 Å². The lowest BCUT2D eigenvalue weighted by molar-refractivity contribution is -0.137. The summed E-state index contributed by atoms with van der Waals surface area (Å²) in [5.41, 5.74) is 1.00. The van der Waals surface area contributed by atoms with Crippen molar-refractivity contribution in [2.75, 3.05) is 0 Å². The van der Waals surface area contributed by atoms with Gasteiger partial charge in [0, 0.05) is 6.42 Å². The molecular weight excluding hydrogens is 140 g/mol. The van der Waals surface area contributed by atoms with Gasteiger partial charge >= 0.3 is 5.97 Å². The Bertz CT molecular complexity index is 168. The number of unbranched alkanes of at least 4 members (excludes halogenated alkanes) is 1. The highest BCUT2D eigenvalue weighted by Crippen LogP contribution is 1.98. The normalized spacial score (nSPS) is 10.3. The van der Waals surface area contributed by atoms with Gasteiger partial charge in [0.25, 0.3) is 0 Å². The van der Waals surface area contributed by atoms with Crippen LogP contribution in [0.1, 0.15) is 26.2 Å². The van der Waals surface area contributed by atoms with Crippen molar-refractivity contribution in [2.45, 2.75) is 26.2 Å². The topological polar surface area (TPSA) is 37.3 Å². The van der Waals surface area contributed by atoms with Gasteiger partial charge in [-0.3, -0.25) is 4.79 Å². The number of carboxylic acids is 1. The van der Waals surface area contributed by atoms with Crippen molar-refractivity contribution >= 4 is 5.97 Å². The molecule has 0 saturated heterocycles. The Morgan fingerprint density at radius 1 is 1.64 bits per heavy atom. The molecule has 0 heterocycles. The van der Waals surface area contributed by atoms with Crippen LogP contribution in [0, 0.1) is 0 Å². The largest absolute Gasteiger partial charge is 0.481 e. The van der Waals surface area contributed by atoms with Crippen molar-refractivity contribution in [1.82, 2.24) is 0 Å². The van der Waals surface area contributed by atoms with E-state index in [1.807, 2.05) is 19.1 Å². The highest BCUT2D eigenvalue weighted by molar-refractivity contribution is 5.66. The van der Waals surface area contributed by atoms with Gasteiger partial charge in [0.2, 0.25) is 0 Å². The summed E-state index contributed by atoms with van der Waals surface area (Å²) in [5.74, 6) is -0.728. The summed E-state index contributed by atoms with van der Waals surface area (Å²) in [5, 5.41) is 8.28. The smallest absolute Gasteiger partial charge is 0.303 e. The van der Waals surface area contributed by atoms with Gasteiger partial charge in [-0.1, -0.05) is 24.3 Å². The Morgan fingerprint density at radius 3 is 2.73 bits per heavy atom. The van der Waals surface area contributed by atoms with Crippen molar-refractivity contribution in [2.24, 2.45) is 0 Å². The average molecular weight is 154 g/mol. The maximum Gasteiger partial charge on any atom is 0.303 e. The minimum atomic E-state index is -0.728. The van der Waals surface area contributed by atoms with Gasteiger partial charge < -0.3 is 5.11 Å². The Hall–Kier alpha value is -1.05. The van der Waals surface area contributed by atoms with E-state index in [1.54, 1.807) is 0 Å². The summed E-state index contributed by atoms with van der Waals surface area (Å²) in [6.07, 6.45) is 5.63. The average Bonchev–Trinajstić information content (AvgIpc) is 1.85. The number of carboxylic acid groups (broad SMARTS) is 1. The van der Waals surface area contributed by atoms with E-state index < -0.39 is 5.97 Å². The highest BCUT2D eigenvalue weighted by atomic mass is 16.4. The molecule has 0 aliphatic rings. The van der Waals surface area contributed by atoms with E-state index in [-0.39, 0.29) is 6.42 Å². The number of carbonyl (C=O) groups is 1. The molecule has 0 rings (SSSR count). The first-order chi connectivity index (χ1) is 5.13. The molecule has 0 radical (unpaired) electrons. The lowest BCUT2D eigenvalue weighted by Gasteiger charge is -1.90. The van der Waals surface area contributed by atoms with Crippen LogP contribution in [-0.4, -0.2) is 11.1 Å². The molecule has 0 atom stereocenters. The molecule has 0 amide bonds. The monoisotopic (exact) mass is 154 g/mol. The minimum absolute atomic E-state index is 0.251. The summed E-state index contributed by atoms with van der Waals surface area (Å²) in [4.78, 5) is 10.1. The van der Waals surface area contributed by atoms with Gasteiger partial charge in [0.1, 0.15) is 0 Å². The third kappa shape index (κ3) is 8.95. The number of hydrogen-bond donors (Lipinski definition) is 1. The van der Waals surface area contributed by atoms with Gasteiger partial charge in [0.15, 0.2) is 0 Å². The summed E-state index contributed by atoms with van der Waals surface area (Å²) in [6, 6.07) is 0. The molecule has 2 heteroatoms. The Morgan fingerprint density at radius 2 is 2.27 bits per heavy atom. The SMILES string of the molecule is C=C(C)/C=C/CCCC(=O)O. The van der Waals surface area contributed by atoms with E-state index in [0.29, 0.717) is 6.42 Å². The van der Waals surface area contributed by atoms with Gasteiger partial charge in [-0.25, -0.2) is 0 Å². The predicted molar refractivity (Wildman–Crippen MR) is 45.4 cm³/mol. The molecule has 0 saturated carbocycles. The third-order valence-corrected chi connectivity index (χ3v) is 1.16. The number of aliphatic carboxylic acids is 1. The fraction of sp³-hybridized carbons (Fsp3) is 0.444. The van der Waals surface area contributed by atoms with E-state index >= 15 is 0 Å². The van der Waals surface area contributed by atoms with E-state index in [1.165, 1.54) is 0 Å². The van der Waals surface area contributed by atoms with Crippen LogP contribution < -0.4 is 0 Å². The second kappa shape index (κ2) is 5.71. The molecule has 0 fully saturated rings. The van der Waals surface area contributed by atoms with Crippen LogP contribution in [0.5, 0.6) is 0 Å². The Labute approximate surface area is 67.2 Å². The second-order valence-corrected chi connectivity index (χ2v) is 2.53. The quantitative estimate of drug-likeness (QED) is 0.487. The number of rotatable bonds is 5. The van der Waals surface area contributed by atoms with Crippen molar-refractivity contribution in [3.05, 3.63) is 24.3 Å². The van der Waals surface area contributed by atoms with E-state index in [0.717, 1.165) is 12.0 Å². The maximum absolute atomic E-state index is 10.1. The molecular formula is C9H14O2. The first-order valence-corrected chi connectivity index (χ1v) is 3.67. The van der Waals surface area contributed by atoms with Crippen LogP contribution in [0.25, 0.3) is 0 Å². The summed E-state index contributed by atoms with van der Waals surface area (Å²) >= 11 is 0. The third-order valence-electron chi connectivity index (χ3n) is 1.16. The molecule has 11 heavy (non-hydrogen) atoms. The van der Waals surface area contributed by atoms with Crippen LogP contribution >= 0.6 is 0 Å². The summed E-state index contributed by atoms with van der Waals surface area (Å²) < 4.78 is 0. The molecule has 2 nitrogen and oxygen atoms in total. The lowest BCUT2D eigenvalue weighted by atomic mass is 10.2. The molecule has 0 aliphatic heterocycles. The maximum atomic E-state index is 10.1. The summed E-state index contributed by atoms with van der Waals surface area (Å²) in [7, 11) is 0. The zero-order chi connectivity index (χ0) is 8.69. The van der Waals surface area contributed by atoms with Crippen LogP contribution in [0.3, 0.4) is 0 Å². The van der Waals surface area contributed by atoms with Gasteiger partial charge in [0.05, 0.1) is 0 Å². The number of allylic oxidation sites excluding steroid dienone is 3. The van der Waals surface area contributed by atoms with Crippen LogP contribution in [-0.2, 0) is 4.79 Å². The lowest BCUT2D eigenvalue weighted by Crippen LogP contribution is -1.92. The molecule has 0 aromatic carbocycles. The van der Waals surface area contributed by atoms with Crippen molar-refractivity contribution in [3.63, 3.8) is 0 Å². The fourth-order valence-electron chi connectivity index (χ4n) is 0.656. The summed E-state index contributed by atoms with van der Waals surface area (Å²) in [6.45, 7) is 5.60. The van der Waals surface area contributed by atoms with Gasteiger partial charge in [-0.2, -0.15) is 0 Å². The van der Waals surface area contributed by atoms with Gasteiger partial charge in [-0.15, -0.1) is 0 Å². The van der Waals surface area contributed by atoms with Crippen molar-refractivity contribution < 1.29 is 9.90 Å². The minimum Gasteiger partial charge on any atom is -0.481 e. The van der Waals surface area contributed by atoms with Crippen molar-refractivity contribution in [3.8, 4) is 0 Å². The molecule has 0 aromatic rings. The second-order valence-electron chi connectivity index (χ2n) is 2.53. The van der Waals surface area contributed by atoms with E-state index in [4.69, 9.17) is 5.11 Å². The molecule has 0 bridgehead atoms. The zero-order valence-electron chi connectivity index (χ0n) is 6.84. The highest BCUT2D eigenvalue weighted by Gasteiger charge is 1.92. The molecule has 1 N–H and O–H groups in total. The fourth-order valence-corrected chi connectivity index (χ4v) is 0.656. The molecule has 0 aromatic heterocycles. The first kappa shape index (κ1) is 9.95. The Balaban J connectivity index is 3.27. The Kier molecular flexibility index (Phi) is 5.17. The first-order valence-electron chi connectivity index (χ1n) is 3.67. The molecule has 0 aliphatic carbocycles. The predicted octanol–water partition coefficient (Wildman–Crippen LogP) is 2.37. The van der Waals surface area contributed by atoms with Crippen LogP contribution in [0.4, 0.5) is 0 Å². The molecule has 0 spiro atoms. The van der Waals surface area contributed by atoms with Crippen LogP contribution in [0.15, 0.2) is 24.3 Å². The van der Waals surface area contributed by atoms with Crippen molar-refractivity contribution in [1.29, 1.82) is 0 Å². The molecule has 0 unspecified atom stereocenters. The zero-order valence-corrected chi connectivity index (χ0v) is 6.84. The molecule has 62 valence electrons. The number of hydrogen-bond acceptors (Lipinski definition) is 1. The standard InChI is InChI=1S/C9H14O2/c1-8(2)6-4-3-5-7-9(10)11/h4,6H,1,3,5,7H2,2H3,(H,10,11)/b6-4+. The van der Waals surface area contributed by atoms with Crippen LogP contribution in [0.2, 0.25) is 0 Å².